The third kappa shape index (κ3) is 59.4. The maximum absolute atomic E-state index is 8.52. The summed E-state index contributed by atoms with van der Waals surface area (Å²) in [5, 5.41) is 0. The Morgan fingerprint density at radius 3 is 0.518 bits per heavy atom. The van der Waals surface area contributed by atoms with Gasteiger partial charge in [-0.2, -0.15) is 0 Å². The molecule has 0 atom stereocenters. The Balaban J connectivity index is -0.0000000406. The van der Waals surface area contributed by atoms with Gasteiger partial charge in [-0.15, -0.1) is 0 Å². The van der Waals surface area contributed by atoms with E-state index >= 15 is 0 Å². The van der Waals surface area contributed by atoms with Crippen LogP contribution in [-0.2, 0) is 20.8 Å². The maximum atomic E-state index is 8.52. The van der Waals surface area contributed by atoms with E-state index in [-0.39, 0.29) is 78.6 Å². The zero-order chi connectivity index (χ0) is 36.4. The molecule has 336 valence electrons. The number of nitrogens with one attached hydrogen (secondary N) is 4. The van der Waals surface area contributed by atoms with Crippen molar-refractivity contribution in [3.05, 3.63) is 24.3 Å². The van der Waals surface area contributed by atoms with Gasteiger partial charge in [-0.25, -0.2) is 19.9 Å². The van der Waals surface area contributed by atoms with Gasteiger partial charge < -0.3 is 142 Å². The van der Waals surface area contributed by atoms with Crippen molar-refractivity contribution in [1.82, 2.24) is 19.9 Å². The smallest absolute Gasteiger partial charge is 0.344 e. The van der Waals surface area contributed by atoms with Crippen LogP contribution in [0, 0.1) is 0 Å². The molecule has 0 amide bonds. The molecule has 38 nitrogen and oxygen atoms in total. The molecule has 0 spiro atoms. The van der Waals surface area contributed by atoms with Crippen LogP contribution in [0.4, 0.5) is 70.3 Å². The summed E-state index contributed by atoms with van der Waals surface area (Å²) in [7, 11) is -10.3. The van der Waals surface area contributed by atoms with E-state index in [1.807, 2.05) is 0 Å². The second kappa shape index (κ2) is 38.0. The Hall–Kier alpha value is -6.74. The molecule has 0 saturated carbocycles. The number of nitrogens with two attached hydrogens (primary N) is 12. The fourth-order valence-electron chi connectivity index (χ4n) is 2.17. The summed E-state index contributed by atoms with van der Waals surface area (Å²) in [6.45, 7) is 0. The van der Waals surface area contributed by atoms with Crippen molar-refractivity contribution < 1.29 is 110 Å². The average Bonchev–Trinajstić information content (AvgIpc) is 2.74. The SMILES string of the molecule is Nc1cc(N)[nH+]c(N)n1.Nc1cc(N)[nH+]c(N)n1.Nc1cc(N)[nH+]c(N)n1.Nc1cc(N)[nH+]c(N)n1.O.O.O.O.O.O.O.O.O.O.O=S(=O)([O-])[O-].O=S(=O)([O-])[O-]. The second-order valence-corrected chi connectivity index (χ2v) is 9.04. The topological polar surface area (TPSA) is 896 Å². The van der Waals surface area contributed by atoms with Crippen LogP contribution >= 0.6 is 0 Å². The molecule has 56 heavy (non-hydrogen) atoms. The van der Waals surface area contributed by atoms with Gasteiger partial charge in [-0.05, 0) is 0 Å². The fraction of sp³-hybridized carbons (Fsp3) is 0. The molecule has 0 aromatic carbocycles. The summed E-state index contributed by atoms with van der Waals surface area (Å²) in [4.78, 5) is 24.9. The Morgan fingerprint density at radius 2 is 0.446 bits per heavy atom. The molecule has 4 aromatic heterocycles. The van der Waals surface area contributed by atoms with Crippen LogP contribution in [0.5, 0.6) is 0 Å². The number of hydrogen-bond acceptors (Lipinski definition) is 24. The third-order valence-corrected chi connectivity index (χ3v) is 3.30. The molecule has 0 unspecified atom stereocenters. The molecular weight excluding hydrogens is 824 g/mol. The minimum absolute atomic E-state index is 0. The van der Waals surface area contributed by atoms with Gasteiger partial charge in [0.2, 0.25) is 0 Å². The van der Waals surface area contributed by atoms with E-state index in [0.29, 0.717) is 46.5 Å². The molecule has 40 heteroatoms. The predicted molar refractivity (Wildman–Crippen MR) is 193 cm³/mol. The van der Waals surface area contributed by atoms with Gasteiger partial charge >= 0.3 is 23.8 Å². The average molecular weight is 877 g/mol. The summed E-state index contributed by atoms with van der Waals surface area (Å²) in [5.41, 5.74) is 63.2. The summed E-state index contributed by atoms with van der Waals surface area (Å²) in [6, 6.07) is 5.99. The molecular formula is C16H52N20O18S2. The molecule has 0 fully saturated rings. The van der Waals surface area contributed by atoms with E-state index in [4.69, 9.17) is 104 Å². The number of nitrogens with zero attached hydrogens (tertiary/aromatic N) is 4. The first-order chi connectivity index (χ1) is 20.7. The van der Waals surface area contributed by atoms with Crippen LogP contribution in [0.25, 0.3) is 0 Å². The standard InChI is InChI=1S/4C4H7N5.2H2O4S.10H2O/c4*5-2-1-3(6)9-4(7)8-2;2*1-5(2,3)4;;;;;;;;;;/h4*1H,(H6,5,6,7,8,9);2*(H2,1,2,3,4);10*1H2. The van der Waals surface area contributed by atoms with E-state index < -0.39 is 20.8 Å². The summed E-state index contributed by atoms with van der Waals surface area (Å²) < 4.78 is 68.2. The first kappa shape index (κ1) is 82.6. The largest absolute Gasteiger partial charge is 0.759 e. The van der Waals surface area contributed by atoms with Crippen LogP contribution in [0.2, 0.25) is 0 Å². The lowest BCUT2D eigenvalue weighted by molar-refractivity contribution is -0.346. The summed E-state index contributed by atoms with van der Waals surface area (Å²) in [5.74, 6) is 3.88. The molecule has 0 aliphatic rings. The minimum Gasteiger partial charge on any atom is -0.759 e. The van der Waals surface area contributed by atoms with Crippen LogP contribution in [-0.4, -0.2) is 110 Å². The Labute approximate surface area is 314 Å². The van der Waals surface area contributed by atoms with Crippen molar-refractivity contribution in [2.45, 2.75) is 0 Å². The molecule has 0 radical (unpaired) electrons. The third-order valence-electron chi connectivity index (χ3n) is 3.30. The molecule has 4 aromatic rings. The Bertz CT molecular complexity index is 1340. The summed E-state index contributed by atoms with van der Waals surface area (Å²) >= 11 is 0. The number of hydrogen-bond donors (Lipinski definition) is 12. The lowest BCUT2D eigenvalue weighted by Gasteiger charge is -2.06. The van der Waals surface area contributed by atoms with Crippen molar-refractivity contribution in [1.29, 1.82) is 0 Å². The number of aromatic amines is 4. The molecule has 0 aliphatic heterocycles. The quantitative estimate of drug-likeness (QED) is 0.0576. The van der Waals surface area contributed by atoms with Crippen molar-refractivity contribution in [3.8, 4) is 0 Å². The van der Waals surface area contributed by atoms with Crippen molar-refractivity contribution >= 4 is 91.1 Å². The molecule has 4 heterocycles. The predicted octanol–water partition coefficient (Wildman–Crippen LogP) is -16.4. The number of aromatic nitrogens is 8. The first-order valence-electron chi connectivity index (χ1n) is 10.9. The lowest BCUT2D eigenvalue weighted by Crippen LogP contribution is -2.18. The highest BCUT2D eigenvalue weighted by atomic mass is 32.3. The fourth-order valence-corrected chi connectivity index (χ4v) is 2.17. The number of rotatable bonds is 0. The van der Waals surface area contributed by atoms with Gasteiger partial charge in [-0.1, -0.05) is 19.9 Å². The highest BCUT2D eigenvalue weighted by Crippen LogP contribution is 2.00. The van der Waals surface area contributed by atoms with Crippen molar-refractivity contribution in [2.75, 3.05) is 68.8 Å². The Kier molecular flexibility index (Phi) is 56.1. The van der Waals surface area contributed by atoms with Gasteiger partial charge in [0.1, 0.15) is 0 Å². The molecule has 48 N–H and O–H groups in total. The van der Waals surface area contributed by atoms with E-state index in [1.54, 1.807) is 0 Å². The highest BCUT2D eigenvalue weighted by Gasteiger charge is 2.00. The van der Waals surface area contributed by atoms with Crippen LogP contribution < -0.4 is 88.7 Å². The number of nitrogen functional groups attached to an aromatic ring is 12. The van der Waals surface area contributed by atoms with Gasteiger partial charge in [0.15, 0.2) is 46.5 Å². The van der Waals surface area contributed by atoms with Crippen LogP contribution in [0.1, 0.15) is 0 Å². The van der Waals surface area contributed by atoms with Crippen LogP contribution in [0.3, 0.4) is 0 Å². The van der Waals surface area contributed by atoms with Gasteiger partial charge in [-0.3, -0.25) is 16.8 Å². The van der Waals surface area contributed by atoms with Crippen molar-refractivity contribution in [2.24, 2.45) is 0 Å². The molecule has 0 aliphatic carbocycles. The monoisotopic (exact) mass is 876 g/mol. The van der Waals surface area contributed by atoms with E-state index in [1.165, 1.54) is 24.3 Å². The van der Waals surface area contributed by atoms with E-state index in [9.17, 15) is 0 Å². The normalized spacial score (nSPS) is 8.07. The van der Waals surface area contributed by atoms with Gasteiger partial charge in [0.25, 0.3) is 0 Å². The highest BCUT2D eigenvalue weighted by molar-refractivity contribution is 7.79. The van der Waals surface area contributed by atoms with Crippen molar-refractivity contribution in [3.63, 3.8) is 0 Å². The first-order valence-corrected chi connectivity index (χ1v) is 13.6. The molecule has 0 bridgehead atoms. The zero-order valence-electron chi connectivity index (χ0n) is 28.1. The van der Waals surface area contributed by atoms with E-state index in [0.717, 1.165) is 0 Å². The maximum Gasteiger partial charge on any atom is 0.344 e. The summed E-state index contributed by atoms with van der Waals surface area (Å²) in [6.07, 6.45) is 0. The Morgan fingerprint density at radius 1 is 0.339 bits per heavy atom. The second-order valence-electron chi connectivity index (χ2n) is 7.40. The molecule has 4 rings (SSSR count). The van der Waals surface area contributed by atoms with Crippen LogP contribution in [0.15, 0.2) is 24.3 Å². The van der Waals surface area contributed by atoms with Gasteiger partial charge in [0.05, 0.1) is 24.3 Å². The lowest BCUT2D eigenvalue weighted by atomic mass is 10.5. The number of anilines is 12. The zero-order valence-corrected chi connectivity index (χ0v) is 29.7. The molecule has 0 saturated heterocycles. The minimum atomic E-state index is -5.17. The van der Waals surface area contributed by atoms with E-state index in [2.05, 4.69) is 39.9 Å². The van der Waals surface area contributed by atoms with Gasteiger partial charge in [0, 0.05) is 20.8 Å². The number of H-pyrrole nitrogens is 4.